The van der Waals surface area contributed by atoms with E-state index in [0.29, 0.717) is 12.1 Å². The average Bonchev–Trinajstić information content (AvgIpc) is 3.27. The molecule has 170 valence electrons. The van der Waals surface area contributed by atoms with Crippen molar-refractivity contribution in [2.24, 2.45) is 4.99 Å². The lowest BCUT2D eigenvalue weighted by Gasteiger charge is -2.33. The number of nitrogens with one attached hydrogen (secondary N) is 2. The molecule has 0 saturated carbocycles. The van der Waals surface area contributed by atoms with Crippen molar-refractivity contribution >= 4 is 29.9 Å². The monoisotopic (exact) mass is 530 g/mol. The molecule has 2 N–H and O–H groups in total. The summed E-state index contributed by atoms with van der Waals surface area (Å²) in [6, 6.07) is 9.22. The molecule has 1 fully saturated rings. The van der Waals surface area contributed by atoms with Gasteiger partial charge in [0, 0.05) is 45.4 Å². The van der Waals surface area contributed by atoms with Crippen LogP contribution in [0.1, 0.15) is 44.2 Å². The first-order valence-corrected chi connectivity index (χ1v) is 11.3. The van der Waals surface area contributed by atoms with E-state index in [4.69, 9.17) is 14.5 Å². The first kappa shape index (κ1) is 25.4. The van der Waals surface area contributed by atoms with Crippen LogP contribution in [0.3, 0.4) is 0 Å². The lowest BCUT2D eigenvalue weighted by atomic mass is 9.99. The molecule has 30 heavy (non-hydrogen) atoms. The molecule has 2 aliphatic heterocycles. The lowest BCUT2D eigenvalue weighted by Crippen LogP contribution is -2.42. The molecule has 0 aliphatic carbocycles. The van der Waals surface area contributed by atoms with E-state index < -0.39 is 0 Å². The fourth-order valence-corrected chi connectivity index (χ4v) is 3.95. The van der Waals surface area contributed by atoms with Crippen LogP contribution in [0.15, 0.2) is 29.3 Å². The fraction of sp³-hybridized carbons (Fsp3) is 0.696. The number of nitrogens with zero attached hydrogens (tertiary/aromatic N) is 2. The summed E-state index contributed by atoms with van der Waals surface area (Å²) in [5.74, 6) is 0.899. The normalized spacial score (nSPS) is 20.3. The van der Waals surface area contributed by atoms with E-state index in [1.807, 2.05) is 0 Å². The SMILES string of the molecule is CCNC(=NCC(C)N1CCc2ccccc2C1)NCCCOCC1CCCO1.I. The van der Waals surface area contributed by atoms with Crippen LogP contribution in [0.25, 0.3) is 0 Å². The number of fused-ring (bicyclic) bond motifs is 1. The Morgan fingerprint density at radius 2 is 2.13 bits per heavy atom. The van der Waals surface area contributed by atoms with Crippen LogP contribution in [0.4, 0.5) is 0 Å². The Hall–Kier alpha value is -0.900. The molecule has 1 aromatic carbocycles. The summed E-state index contributed by atoms with van der Waals surface area (Å²) in [5.41, 5.74) is 2.96. The second-order valence-electron chi connectivity index (χ2n) is 8.05. The largest absolute Gasteiger partial charge is 0.379 e. The molecule has 2 unspecified atom stereocenters. The highest BCUT2D eigenvalue weighted by molar-refractivity contribution is 14.0. The summed E-state index contributed by atoms with van der Waals surface area (Å²) in [6.45, 7) is 11.4. The minimum absolute atomic E-state index is 0. The van der Waals surface area contributed by atoms with Gasteiger partial charge in [0.05, 0.1) is 19.3 Å². The van der Waals surface area contributed by atoms with E-state index >= 15 is 0 Å². The molecule has 3 rings (SSSR count). The van der Waals surface area contributed by atoms with Crippen molar-refractivity contribution in [3.05, 3.63) is 35.4 Å². The van der Waals surface area contributed by atoms with Crippen LogP contribution in [-0.4, -0.2) is 69.0 Å². The molecule has 0 spiro atoms. The van der Waals surface area contributed by atoms with Gasteiger partial charge in [-0.25, -0.2) is 0 Å². The van der Waals surface area contributed by atoms with Crippen molar-refractivity contribution in [3.63, 3.8) is 0 Å². The van der Waals surface area contributed by atoms with Crippen molar-refractivity contribution < 1.29 is 9.47 Å². The van der Waals surface area contributed by atoms with Crippen molar-refractivity contribution in [2.75, 3.05) is 46.0 Å². The van der Waals surface area contributed by atoms with Crippen LogP contribution < -0.4 is 10.6 Å². The smallest absolute Gasteiger partial charge is 0.191 e. The van der Waals surface area contributed by atoms with E-state index in [0.717, 1.165) is 77.8 Å². The van der Waals surface area contributed by atoms with Gasteiger partial charge in [-0.1, -0.05) is 24.3 Å². The second-order valence-corrected chi connectivity index (χ2v) is 8.05. The van der Waals surface area contributed by atoms with E-state index in [-0.39, 0.29) is 24.0 Å². The molecule has 0 amide bonds. The molecule has 7 heteroatoms. The maximum Gasteiger partial charge on any atom is 0.191 e. The maximum absolute atomic E-state index is 5.73. The topological polar surface area (TPSA) is 58.1 Å². The van der Waals surface area contributed by atoms with Gasteiger partial charge in [0.25, 0.3) is 0 Å². The molecular formula is C23H39IN4O2. The van der Waals surface area contributed by atoms with E-state index in [1.165, 1.54) is 17.5 Å². The summed E-state index contributed by atoms with van der Waals surface area (Å²) in [4.78, 5) is 7.35. The van der Waals surface area contributed by atoms with Crippen molar-refractivity contribution in [2.45, 2.75) is 58.2 Å². The van der Waals surface area contributed by atoms with E-state index in [9.17, 15) is 0 Å². The van der Waals surface area contributed by atoms with Gasteiger partial charge in [-0.15, -0.1) is 24.0 Å². The highest BCUT2D eigenvalue weighted by Gasteiger charge is 2.20. The average molecular weight is 530 g/mol. The molecule has 6 nitrogen and oxygen atoms in total. The molecule has 0 aromatic heterocycles. The number of hydrogen-bond donors (Lipinski definition) is 2. The van der Waals surface area contributed by atoms with Crippen LogP contribution in [0, 0.1) is 0 Å². The molecule has 0 radical (unpaired) electrons. The highest BCUT2D eigenvalue weighted by Crippen LogP contribution is 2.20. The Morgan fingerprint density at radius 3 is 2.90 bits per heavy atom. The number of benzene rings is 1. The zero-order valence-corrected chi connectivity index (χ0v) is 20.9. The highest BCUT2D eigenvalue weighted by atomic mass is 127. The second kappa shape index (κ2) is 14.2. The molecule has 2 heterocycles. The number of ether oxygens (including phenoxy) is 2. The van der Waals surface area contributed by atoms with Gasteiger partial charge in [0.1, 0.15) is 0 Å². The van der Waals surface area contributed by atoms with Gasteiger partial charge < -0.3 is 20.1 Å². The molecular weight excluding hydrogens is 491 g/mol. The summed E-state index contributed by atoms with van der Waals surface area (Å²) >= 11 is 0. The van der Waals surface area contributed by atoms with E-state index in [1.54, 1.807) is 0 Å². The first-order valence-electron chi connectivity index (χ1n) is 11.3. The van der Waals surface area contributed by atoms with Crippen LogP contribution >= 0.6 is 24.0 Å². The Labute approximate surface area is 199 Å². The predicted molar refractivity (Wildman–Crippen MR) is 134 cm³/mol. The Kier molecular flexibility index (Phi) is 12.0. The minimum Gasteiger partial charge on any atom is -0.379 e. The van der Waals surface area contributed by atoms with Crippen LogP contribution in [0.5, 0.6) is 0 Å². The number of guanidine groups is 1. The van der Waals surface area contributed by atoms with Gasteiger partial charge in [-0.05, 0) is 50.7 Å². The van der Waals surface area contributed by atoms with Crippen molar-refractivity contribution in [1.82, 2.24) is 15.5 Å². The molecule has 2 aliphatic rings. The third-order valence-electron chi connectivity index (χ3n) is 5.73. The Morgan fingerprint density at radius 1 is 1.30 bits per heavy atom. The quantitative estimate of drug-likeness (QED) is 0.211. The molecule has 2 atom stereocenters. The fourth-order valence-electron chi connectivity index (χ4n) is 3.95. The number of aliphatic imine (C=N–C) groups is 1. The Balaban J connectivity index is 0.00000320. The number of rotatable bonds is 10. The third kappa shape index (κ3) is 8.32. The molecule has 0 bridgehead atoms. The molecule has 1 aromatic rings. The predicted octanol–water partition coefficient (Wildman–Crippen LogP) is 3.19. The van der Waals surface area contributed by atoms with Gasteiger partial charge in [-0.2, -0.15) is 0 Å². The van der Waals surface area contributed by atoms with Gasteiger partial charge >= 0.3 is 0 Å². The third-order valence-corrected chi connectivity index (χ3v) is 5.73. The Bertz CT molecular complexity index is 637. The summed E-state index contributed by atoms with van der Waals surface area (Å²) < 4.78 is 11.3. The standard InChI is InChI=1S/C23H38N4O2.HI/c1-3-24-23(25-12-7-14-28-18-22-10-6-15-29-22)26-16-19(2)27-13-11-20-8-4-5-9-21(20)17-27;/h4-5,8-9,19,22H,3,6-7,10-18H2,1-2H3,(H2,24,25,26);1H. The summed E-state index contributed by atoms with van der Waals surface area (Å²) in [6.07, 6.45) is 4.71. The van der Waals surface area contributed by atoms with Crippen LogP contribution in [0.2, 0.25) is 0 Å². The number of halogens is 1. The zero-order valence-electron chi connectivity index (χ0n) is 18.6. The molecule has 1 saturated heterocycles. The van der Waals surface area contributed by atoms with E-state index in [2.05, 4.69) is 53.6 Å². The van der Waals surface area contributed by atoms with Crippen molar-refractivity contribution in [3.8, 4) is 0 Å². The maximum atomic E-state index is 5.73. The van der Waals surface area contributed by atoms with Gasteiger partial charge in [0.15, 0.2) is 5.96 Å². The van der Waals surface area contributed by atoms with Gasteiger partial charge in [0.2, 0.25) is 0 Å². The van der Waals surface area contributed by atoms with Gasteiger partial charge in [-0.3, -0.25) is 9.89 Å². The van der Waals surface area contributed by atoms with Crippen molar-refractivity contribution in [1.29, 1.82) is 0 Å². The van der Waals surface area contributed by atoms with Crippen LogP contribution in [-0.2, 0) is 22.4 Å². The minimum atomic E-state index is 0. The zero-order chi connectivity index (χ0) is 20.3. The summed E-state index contributed by atoms with van der Waals surface area (Å²) in [7, 11) is 0. The summed E-state index contributed by atoms with van der Waals surface area (Å²) in [5, 5.41) is 6.78. The first-order chi connectivity index (χ1) is 14.3. The lowest BCUT2D eigenvalue weighted by molar-refractivity contribution is 0.0168. The number of hydrogen-bond acceptors (Lipinski definition) is 4.